The van der Waals surface area contributed by atoms with Crippen LogP contribution in [0.2, 0.25) is 0 Å². The maximum atomic E-state index is 8.79. The highest BCUT2D eigenvalue weighted by atomic mass is 16.4. The van der Waals surface area contributed by atoms with Gasteiger partial charge in [-0.05, 0) is 30.9 Å². The molecule has 1 aliphatic rings. The summed E-state index contributed by atoms with van der Waals surface area (Å²) in [6, 6.07) is 9.80. The highest BCUT2D eigenvalue weighted by Crippen LogP contribution is 2.34. The third kappa shape index (κ3) is 3.05. The number of hydrogen-bond donors (Lipinski definition) is 3. The number of hydrogen-bond acceptors (Lipinski definition) is 7. The second-order valence-corrected chi connectivity index (χ2v) is 5.19. The van der Waals surface area contributed by atoms with Gasteiger partial charge in [-0.15, -0.1) is 0 Å². The lowest BCUT2D eigenvalue weighted by Crippen LogP contribution is -2.26. The Kier molecular flexibility index (Phi) is 3.73. The number of aromatic nitrogens is 3. The fourth-order valence-electron chi connectivity index (χ4n) is 2.13. The summed E-state index contributed by atoms with van der Waals surface area (Å²) in [6.07, 6.45) is 2.38. The second-order valence-electron chi connectivity index (χ2n) is 5.19. The van der Waals surface area contributed by atoms with Gasteiger partial charge < -0.3 is 21.6 Å². The molecule has 1 fully saturated rings. The molecule has 1 saturated carbocycles. The number of nitrogens with zero attached hydrogens (tertiary/aromatic N) is 5. The Morgan fingerprint density at radius 2 is 1.95 bits per heavy atom. The number of rotatable bonds is 5. The van der Waals surface area contributed by atoms with Crippen LogP contribution in [0.25, 0.3) is 0 Å². The molecule has 0 bridgehead atoms. The first-order valence-electron chi connectivity index (χ1n) is 6.99. The highest BCUT2D eigenvalue weighted by molar-refractivity contribution is 5.93. The van der Waals surface area contributed by atoms with Crippen LogP contribution in [0.5, 0.6) is 0 Å². The van der Waals surface area contributed by atoms with E-state index in [-0.39, 0.29) is 17.6 Å². The van der Waals surface area contributed by atoms with Crippen molar-refractivity contribution < 1.29 is 5.21 Å². The zero-order chi connectivity index (χ0) is 15.5. The quantitative estimate of drug-likeness (QED) is 0.326. The Labute approximate surface area is 127 Å². The predicted molar refractivity (Wildman–Crippen MR) is 82.9 cm³/mol. The van der Waals surface area contributed by atoms with E-state index in [1.54, 1.807) is 0 Å². The summed E-state index contributed by atoms with van der Waals surface area (Å²) in [5, 5.41) is 11.7. The maximum Gasteiger partial charge on any atom is 0.235 e. The van der Waals surface area contributed by atoms with E-state index in [0.717, 1.165) is 12.2 Å². The van der Waals surface area contributed by atoms with Gasteiger partial charge in [0.05, 0.1) is 0 Å². The molecule has 8 nitrogen and oxygen atoms in total. The minimum absolute atomic E-state index is 0.0309. The normalized spacial score (nSPS) is 14.8. The molecule has 0 amide bonds. The predicted octanol–water partition coefficient (Wildman–Crippen LogP) is 1.10. The van der Waals surface area contributed by atoms with Crippen LogP contribution in [0.15, 0.2) is 35.5 Å². The summed E-state index contributed by atoms with van der Waals surface area (Å²) in [4.78, 5) is 14.3. The molecule has 114 valence electrons. The molecule has 0 aliphatic heterocycles. The van der Waals surface area contributed by atoms with Crippen LogP contribution in [0.3, 0.4) is 0 Å². The standard InChI is InChI=1S/C14H17N7O/c15-11(20-22)12-17-13(16)19-14(18-12)21(8-9-6-7-9)10-4-2-1-3-5-10/h1-5,9,22H,6-8H2,(H2,15,20)(H2,16,17,18,19). The summed E-state index contributed by atoms with van der Waals surface area (Å²) in [6.45, 7) is 0.795. The first kappa shape index (κ1) is 14.1. The van der Waals surface area contributed by atoms with E-state index >= 15 is 0 Å². The Balaban J connectivity index is 2.02. The van der Waals surface area contributed by atoms with Gasteiger partial charge >= 0.3 is 0 Å². The molecule has 0 atom stereocenters. The largest absolute Gasteiger partial charge is 0.409 e. The Hall–Kier alpha value is -2.90. The van der Waals surface area contributed by atoms with Gasteiger partial charge in [0, 0.05) is 12.2 Å². The number of nitrogen functional groups attached to an aromatic ring is 1. The van der Waals surface area contributed by atoms with Crippen LogP contribution < -0.4 is 16.4 Å². The highest BCUT2D eigenvalue weighted by Gasteiger charge is 2.27. The molecule has 0 spiro atoms. The lowest BCUT2D eigenvalue weighted by atomic mass is 10.2. The molecule has 22 heavy (non-hydrogen) atoms. The fraction of sp³-hybridized carbons (Fsp3) is 0.286. The van der Waals surface area contributed by atoms with E-state index < -0.39 is 0 Å². The Morgan fingerprint density at radius 1 is 1.23 bits per heavy atom. The summed E-state index contributed by atoms with van der Waals surface area (Å²) in [5.74, 6) is 0.901. The third-order valence-electron chi connectivity index (χ3n) is 3.42. The van der Waals surface area contributed by atoms with Gasteiger partial charge in [-0.25, -0.2) is 0 Å². The van der Waals surface area contributed by atoms with Crippen molar-refractivity contribution in [3.63, 3.8) is 0 Å². The zero-order valence-electron chi connectivity index (χ0n) is 11.9. The zero-order valence-corrected chi connectivity index (χ0v) is 11.9. The molecule has 2 aromatic rings. The van der Waals surface area contributed by atoms with Crippen molar-refractivity contribution in [2.75, 3.05) is 17.2 Å². The molecular formula is C14H17N7O. The van der Waals surface area contributed by atoms with E-state index in [1.165, 1.54) is 12.8 Å². The van der Waals surface area contributed by atoms with Crippen LogP contribution in [0.4, 0.5) is 17.6 Å². The Morgan fingerprint density at radius 3 is 2.59 bits per heavy atom. The average molecular weight is 299 g/mol. The SMILES string of the molecule is NC(=NO)c1nc(N)nc(N(CC2CC2)c2ccccc2)n1. The number of para-hydroxylation sites is 1. The van der Waals surface area contributed by atoms with Gasteiger partial charge in [-0.2, -0.15) is 15.0 Å². The van der Waals surface area contributed by atoms with Crippen molar-refractivity contribution in [2.45, 2.75) is 12.8 Å². The van der Waals surface area contributed by atoms with Crippen LogP contribution in [-0.2, 0) is 0 Å². The number of benzene rings is 1. The van der Waals surface area contributed by atoms with Gasteiger partial charge in [0.15, 0.2) is 0 Å². The van der Waals surface area contributed by atoms with Crippen LogP contribution in [0.1, 0.15) is 18.7 Å². The summed E-state index contributed by atoms with van der Waals surface area (Å²) < 4.78 is 0. The van der Waals surface area contributed by atoms with E-state index in [1.807, 2.05) is 35.2 Å². The molecule has 8 heteroatoms. The van der Waals surface area contributed by atoms with Crippen LogP contribution in [0, 0.1) is 5.92 Å². The van der Waals surface area contributed by atoms with Gasteiger partial charge in [-0.3, -0.25) is 0 Å². The molecular weight excluding hydrogens is 282 g/mol. The van der Waals surface area contributed by atoms with E-state index in [2.05, 4.69) is 20.1 Å². The minimum atomic E-state index is -0.199. The van der Waals surface area contributed by atoms with Gasteiger partial charge in [0.1, 0.15) is 0 Å². The van der Waals surface area contributed by atoms with Crippen LogP contribution >= 0.6 is 0 Å². The summed E-state index contributed by atoms with van der Waals surface area (Å²) in [5.41, 5.74) is 12.3. The minimum Gasteiger partial charge on any atom is -0.409 e. The van der Waals surface area contributed by atoms with Gasteiger partial charge in [-0.1, -0.05) is 23.4 Å². The van der Waals surface area contributed by atoms with Crippen molar-refractivity contribution in [1.82, 2.24) is 15.0 Å². The number of amidine groups is 1. The van der Waals surface area contributed by atoms with Crippen molar-refractivity contribution in [2.24, 2.45) is 16.8 Å². The van der Waals surface area contributed by atoms with Crippen molar-refractivity contribution in [1.29, 1.82) is 0 Å². The van der Waals surface area contributed by atoms with E-state index in [9.17, 15) is 0 Å². The van der Waals surface area contributed by atoms with E-state index in [0.29, 0.717) is 11.9 Å². The van der Waals surface area contributed by atoms with E-state index in [4.69, 9.17) is 16.7 Å². The van der Waals surface area contributed by atoms with Crippen molar-refractivity contribution >= 4 is 23.4 Å². The molecule has 1 aromatic carbocycles. The topological polar surface area (TPSA) is 127 Å². The Bertz CT molecular complexity index is 685. The van der Waals surface area contributed by atoms with Crippen molar-refractivity contribution in [3.05, 3.63) is 36.2 Å². The average Bonchev–Trinajstić information content (AvgIpc) is 3.36. The number of oxime groups is 1. The fourth-order valence-corrected chi connectivity index (χ4v) is 2.13. The molecule has 5 N–H and O–H groups in total. The number of anilines is 3. The summed E-state index contributed by atoms with van der Waals surface area (Å²) >= 11 is 0. The molecule has 1 aliphatic carbocycles. The first-order chi connectivity index (χ1) is 10.7. The first-order valence-corrected chi connectivity index (χ1v) is 6.99. The molecule has 1 heterocycles. The maximum absolute atomic E-state index is 8.79. The van der Waals surface area contributed by atoms with Crippen molar-refractivity contribution in [3.8, 4) is 0 Å². The van der Waals surface area contributed by atoms with Gasteiger partial charge in [0.2, 0.25) is 23.6 Å². The third-order valence-corrected chi connectivity index (χ3v) is 3.42. The molecule has 0 unspecified atom stereocenters. The second kappa shape index (κ2) is 5.84. The lowest BCUT2D eigenvalue weighted by Gasteiger charge is -2.23. The molecule has 0 saturated heterocycles. The monoisotopic (exact) mass is 299 g/mol. The molecule has 3 rings (SSSR count). The lowest BCUT2D eigenvalue weighted by molar-refractivity contribution is 0.318. The van der Waals surface area contributed by atoms with Gasteiger partial charge in [0.25, 0.3) is 0 Å². The number of nitrogens with two attached hydrogens (primary N) is 2. The summed E-state index contributed by atoms with van der Waals surface area (Å²) in [7, 11) is 0. The molecule has 0 radical (unpaired) electrons. The van der Waals surface area contributed by atoms with Crippen LogP contribution in [-0.4, -0.2) is 32.5 Å². The smallest absolute Gasteiger partial charge is 0.235 e. The molecule has 1 aromatic heterocycles.